The van der Waals surface area contributed by atoms with Crippen LogP contribution in [0.1, 0.15) is 0 Å². The van der Waals surface area contributed by atoms with Gasteiger partial charge in [0.15, 0.2) is 5.65 Å². The first-order chi connectivity index (χ1) is 17.8. The number of nitriles is 1. The van der Waals surface area contributed by atoms with Gasteiger partial charge in [0.25, 0.3) is 5.56 Å². The largest absolute Gasteiger partial charge is 0.353 e. The molecule has 0 saturated carbocycles. The van der Waals surface area contributed by atoms with Crippen LogP contribution in [0.3, 0.4) is 0 Å². The number of aliphatic imine (C=N–C) groups is 1. The molecule has 0 radical (unpaired) electrons. The third kappa shape index (κ3) is 5.45. The number of benzene rings is 2. The molecule has 4 aromatic rings. The Balaban J connectivity index is 1.86. The van der Waals surface area contributed by atoms with Gasteiger partial charge in [-0.05, 0) is 30.3 Å². The molecule has 2 aromatic heterocycles. The lowest BCUT2D eigenvalue weighted by Crippen LogP contribution is -2.41. The molecule has 0 aliphatic rings. The van der Waals surface area contributed by atoms with Crippen LogP contribution >= 0.6 is 0 Å². The maximum atomic E-state index is 14.8. The summed E-state index contributed by atoms with van der Waals surface area (Å²) in [5.74, 6) is -3.90. The van der Waals surface area contributed by atoms with E-state index in [0.717, 1.165) is 41.0 Å². The number of aromatic nitrogens is 3. The van der Waals surface area contributed by atoms with Gasteiger partial charge >= 0.3 is 0 Å². The van der Waals surface area contributed by atoms with Crippen molar-refractivity contribution in [3.8, 4) is 23.1 Å². The van der Waals surface area contributed by atoms with Crippen LogP contribution in [0.25, 0.3) is 28.0 Å². The second kappa shape index (κ2) is 10.9. The zero-order valence-electron chi connectivity index (χ0n) is 18.9. The van der Waals surface area contributed by atoms with E-state index in [1.165, 1.54) is 12.3 Å². The highest BCUT2D eigenvalue weighted by atomic mass is 19.1. The molecule has 0 fully saturated rings. The third-order valence-electron chi connectivity index (χ3n) is 5.18. The number of halogens is 4. The molecule has 2 aromatic carbocycles. The predicted octanol–water partition coefficient (Wildman–Crippen LogP) is 2.84. The Kier molecular flexibility index (Phi) is 7.52. The van der Waals surface area contributed by atoms with E-state index in [2.05, 4.69) is 25.6 Å². The Labute approximate surface area is 206 Å². The number of rotatable bonds is 8. The van der Waals surface area contributed by atoms with E-state index >= 15 is 0 Å². The average molecular weight is 510 g/mol. The summed E-state index contributed by atoms with van der Waals surface area (Å²) < 4.78 is 58.4. The minimum atomic E-state index is -1.02. The topological polar surface area (TPSA) is 134 Å². The van der Waals surface area contributed by atoms with Crippen molar-refractivity contribution in [1.82, 2.24) is 19.9 Å². The monoisotopic (exact) mass is 510 g/mol. The fourth-order valence-corrected chi connectivity index (χ4v) is 3.58. The van der Waals surface area contributed by atoms with Gasteiger partial charge in [-0.3, -0.25) is 14.7 Å². The summed E-state index contributed by atoms with van der Waals surface area (Å²) in [6.07, 6.45) is 2.06. The summed E-state index contributed by atoms with van der Waals surface area (Å²) in [6.45, 7) is 0.403. The fourth-order valence-electron chi connectivity index (χ4n) is 3.58. The zero-order valence-corrected chi connectivity index (χ0v) is 18.9. The van der Waals surface area contributed by atoms with Crippen LogP contribution in [0.4, 0.5) is 23.5 Å². The highest BCUT2D eigenvalue weighted by Gasteiger charge is 2.21. The van der Waals surface area contributed by atoms with Gasteiger partial charge in [-0.25, -0.2) is 22.5 Å². The van der Waals surface area contributed by atoms with Crippen LogP contribution in [-0.2, 0) is 0 Å². The van der Waals surface area contributed by atoms with Crippen molar-refractivity contribution in [2.45, 2.75) is 6.17 Å². The lowest BCUT2D eigenvalue weighted by Gasteiger charge is -2.16. The highest BCUT2D eigenvalue weighted by Crippen LogP contribution is 2.30. The molecule has 0 spiro atoms. The molecule has 4 N–H and O–H groups in total. The maximum Gasteiger partial charge on any atom is 0.256 e. The molecule has 1 atom stereocenters. The Morgan fingerprint density at radius 2 is 1.81 bits per heavy atom. The Morgan fingerprint density at radius 3 is 2.51 bits per heavy atom. The molecule has 13 heteroatoms. The molecule has 0 bridgehead atoms. The van der Waals surface area contributed by atoms with Crippen molar-refractivity contribution in [2.24, 2.45) is 10.7 Å². The predicted molar refractivity (Wildman–Crippen MR) is 129 cm³/mol. The van der Waals surface area contributed by atoms with E-state index < -0.39 is 40.7 Å². The van der Waals surface area contributed by atoms with Gasteiger partial charge < -0.3 is 11.1 Å². The number of pyridine rings is 1. The van der Waals surface area contributed by atoms with Gasteiger partial charge in [-0.15, -0.1) is 0 Å². The standard InChI is InChI=1S/C24H18F4N8O/c25-13-4-5-14(18(28)10-13)21-15-6-7-20(37)36(22-16(26)2-1-3-17(22)27)23(15)35-24(34-21)33-9-8-32-19(30)11-31-12-29/h1-7,10-11,19,32H,8-9,30H2,(H,33,34,35). The quantitative estimate of drug-likeness (QED) is 0.109. The summed E-state index contributed by atoms with van der Waals surface area (Å²) in [5.41, 5.74) is 3.88. The van der Waals surface area contributed by atoms with Crippen LogP contribution in [0, 0.1) is 34.7 Å². The number of nitrogens with zero attached hydrogens (tertiary/aromatic N) is 5. The van der Waals surface area contributed by atoms with Gasteiger partial charge in [0, 0.05) is 42.4 Å². The van der Waals surface area contributed by atoms with Crippen LogP contribution in [0.15, 0.2) is 58.3 Å². The van der Waals surface area contributed by atoms with Crippen molar-refractivity contribution >= 4 is 23.2 Å². The first-order valence-corrected chi connectivity index (χ1v) is 10.8. The Bertz CT molecular complexity index is 1580. The van der Waals surface area contributed by atoms with E-state index in [9.17, 15) is 22.4 Å². The average Bonchev–Trinajstić information content (AvgIpc) is 2.86. The fraction of sp³-hybridized carbons (Fsp3) is 0.125. The van der Waals surface area contributed by atoms with E-state index in [0.29, 0.717) is 6.07 Å². The molecule has 2 heterocycles. The Hall–Kier alpha value is -4.67. The minimum Gasteiger partial charge on any atom is -0.353 e. The number of para-hydroxylation sites is 1. The first-order valence-electron chi connectivity index (χ1n) is 10.8. The van der Waals surface area contributed by atoms with Crippen LogP contribution in [0.2, 0.25) is 0 Å². The van der Waals surface area contributed by atoms with Gasteiger partial charge in [-0.2, -0.15) is 15.2 Å². The number of nitrogens with one attached hydrogen (secondary N) is 2. The number of hydrogen-bond acceptors (Lipinski definition) is 8. The zero-order chi connectivity index (χ0) is 26.5. The molecule has 4 rings (SSSR count). The lowest BCUT2D eigenvalue weighted by atomic mass is 10.1. The van der Waals surface area contributed by atoms with Gasteiger partial charge in [0.05, 0.1) is 11.9 Å². The molecule has 188 valence electrons. The molecule has 9 nitrogen and oxygen atoms in total. The number of fused-ring (bicyclic) bond motifs is 1. The van der Waals surface area contributed by atoms with Crippen molar-refractivity contribution in [3.05, 3.63) is 82.2 Å². The molecule has 0 saturated heterocycles. The molecular formula is C24H18F4N8O. The van der Waals surface area contributed by atoms with E-state index in [1.807, 2.05) is 0 Å². The molecular weight excluding hydrogens is 492 g/mol. The normalized spacial score (nSPS) is 12.1. The van der Waals surface area contributed by atoms with Crippen LogP contribution in [0.5, 0.6) is 0 Å². The molecule has 0 aliphatic carbocycles. The van der Waals surface area contributed by atoms with Crippen molar-refractivity contribution < 1.29 is 17.6 Å². The van der Waals surface area contributed by atoms with Gasteiger partial charge in [-0.1, -0.05) is 6.07 Å². The van der Waals surface area contributed by atoms with E-state index in [-0.39, 0.29) is 41.3 Å². The summed E-state index contributed by atoms with van der Waals surface area (Å²) in [7, 11) is 0. The van der Waals surface area contributed by atoms with E-state index in [1.54, 1.807) is 6.19 Å². The molecule has 1 unspecified atom stereocenters. The third-order valence-corrected chi connectivity index (χ3v) is 5.18. The van der Waals surface area contributed by atoms with Gasteiger partial charge in [0.2, 0.25) is 12.1 Å². The number of nitrogens with two attached hydrogens (primary N) is 1. The van der Waals surface area contributed by atoms with Crippen molar-refractivity contribution in [1.29, 1.82) is 5.26 Å². The van der Waals surface area contributed by atoms with E-state index in [4.69, 9.17) is 11.0 Å². The minimum absolute atomic E-state index is 0.0405. The number of anilines is 1. The number of hydrogen-bond donors (Lipinski definition) is 3. The summed E-state index contributed by atoms with van der Waals surface area (Å²) >= 11 is 0. The van der Waals surface area contributed by atoms with Crippen LogP contribution in [-0.4, -0.2) is 40.0 Å². The summed E-state index contributed by atoms with van der Waals surface area (Å²) in [6, 6.07) is 8.30. The van der Waals surface area contributed by atoms with Gasteiger partial charge in [0.1, 0.15) is 29.0 Å². The SMILES string of the molecule is N#CN=CC(N)NCCNc1nc(-c2ccc(F)cc2F)c2ccc(=O)n(-c3c(F)cccc3F)c2n1. The second-order valence-electron chi connectivity index (χ2n) is 7.62. The molecule has 37 heavy (non-hydrogen) atoms. The maximum absolute atomic E-state index is 14.8. The summed E-state index contributed by atoms with van der Waals surface area (Å²) in [5, 5.41) is 14.3. The molecule has 0 aliphatic heterocycles. The molecule has 0 amide bonds. The van der Waals surface area contributed by atoms with Crippen molar-refractivity contribution in [2.75, 3.05) is 18.4 Å². The lowest BCUT2D eigenvalue weighted by molar-refractivity contribution is 0.568. The van der Waals surface area contributed by atoms with Crippen LogP contribution < -0.4 is 21.9 Å². The smallest absolute Gasteiger partial charge is 0.256 e. The summed E-state index contributed by atoms with van der Waals surface area (Å²) in [4.78, 5) is 24.7. The Morgan fingerprint density at radius 1 is 1.05 bits per heavy atom. The van der Waals surface area contributed by atoms with Crippen molar-refractivity contribution in [3.63, 3.8) is 0 Å². The first kappa shape index (κ1) is 25.4. The second-order valence-corrected chi connectivity index (χ2v) is 7.62. The highest BCUT2D eigenvalue weighted by molar-refractivity contribution is 5.92.